The Morgan fingerprint density at radius 1 is 1.35 bits per heavy atom. The normalized spacial score (nSPS) is 16.4. The average molecular weight is 280 g/mol. The summed E-state index contributed by atoms with van der Waals surface area (Å²) in [6, 6.07) is 0. The number of nitrogens with one attached hydrogen (secondary N) is 1. The van der Waals surface area contributed by atoms with Gasteiger partial charge in [0.25, 0.3) is 5.88 Å². The molecular weight excluding hydrogens is 260 g/mol. The molecule has 0 radical (unpaired) electrons. The highest BCUT2D eigenvalue weighted by molar-refractivity contribution is 5.61. The molecule has 1 aliphatic carbocycles. The summed E-state index contributed by atoms with van der Waals surface area (Å²) >= 11 is 0. The average Bonchev–Trinajstić information content (AvgIpc) is 2.67. The van der Waals surface area contributed by atoms with Crippen LogP contribution in [0.2, 0.25) is 0 Å². The van der Waals surface area contributed by atoms with Gasteiger partial charge < -0.3 is 10.1 Å². The quantitative estimate of drug-likeness (QED) is 0.506. The van der Waals surface area contributed by atoms with E-state index in [-0.39, 0.29) is 23.5 Å². The minimum atomic E-state index is -0.482. The molecule has 1 aliphatic rings. The largest absolute Gasteiger partial charge is 0.469 e. The highest BCUT2D eigenvalue weighted by Gasteiger charge is 2.26. The number of nitro groups is 1. The first-order valence-corrected chi connectivity index (χ1v) is 7.12. The van der Waals surface area contributed by atoms with Crippen LogP contribution in [0.3, 0.4) is 0 Å². The van der Waals surface area contributed by atoms with Crippen molar-refractivity contribution in [1.29, 1.82) is 0 Å². The van der Waals surface area contributed by atoms with E-state index in [1.165, 1.54) is 19.2 Å². The van der Waals surface area contributed by atoms with Gasteiger partial charge in [-0.05, 0) is 32.6 Å². The smallest absolute Gasteiger partial charge is 0.372 e. The molecule has 0 aliphatic heterocycles. The van der Waals surface area contributed by atoms with Gasteiger partial charge in [0.15, 0.2) is 0 Å². The Balaban J connectivity index is 2.21. The number of ether oxygens (including phenoxy) is 1. The zero-order chi connectivity index (χ0) is 14.4. The van der Waals surface area contributed by atoms with Crippen LogP contribution in [0.25, 0.3) is 0 Å². The third kappa shape index (κ3) is 3.55. The van der Waals surface area contributed by atoms with Gasteiger partial charge in [0.1, 0.15) is 12.4 Å². The van der Waals surface area contributed by atoms with Gasteiger partial charge in [0.2, 0.25) is 5.82 Å². The van der Waals surface area contributed by atoms with Crippen LogP contribution < -0.4 is 10.1 Å². The maximum absolute atomic E-state index is 11.2. The van der Waals surface area contributed by atoms with Crippen molar-refractivity contribution in [2.75, 3.05) is 11.9 Å². The lowest BCUT2D eigenvalue weighted by Crippen LogP contribution is -2.17. The lowest BCUT2D eigenvalue weighted by Gasteiger charge is -2.16. The Morgan fingerprint density at radius 3 is 2.65 bits per heavy atom. The molecule has 7 heteroatoms. The monoisotopic (exact) mass is 280 g/mol. The maximum Gasteiger partial charge on any atom is 0.372 e. The van der Waals surface area contributed by atoms with Gasteiger partial charge >= 0.3 is 5.69 Å². The summed E-state index contributed by atoms with van der Waals surface area (Å²) in [5, 5.41) is 14.1. The van der Waals surface area contributed by atoms with E-state index in [0.29, 0.717) is 6.54 Å². The van der Waals surface area contributed by atoms with Crippen molar-refractivity contribution in [3.8, 4) is 5.88 Å². The van der Waals surface area contributed by atoms with Crippen LogP contribution in [0, 0.1) is 10.1 Å². The van der Waals surface area contributed by atoms with Crippen molar-refractivity contribution in [2.24, 2.45) is 0 Å². The van der Waals surface area contributed by atoms with Crippen molar-refractivity contribution < 1.29 is 9.66 Å². The molecule has 1 aromatic rings. The van der Waals surface area contributed by atoms with Crippen molar-refractivity contribution in [3.05, 3.63) is 16.4 Å². The van der Waals surface area contributed by atoms with Crippen LogP contribution in [0.4, 0.5) is 11.5 Å². The molecule has 1 heterocycles. The third-order valence-corrected chi connectivity index (χ3v) is 3.40. The molecule has 0 atom stereocenters. The molecule has 0 saturated heterocycles. The van der Waals surface area contributed by atoms with Crippen LogP contribution >= 0.6 is 0 Å². The summed E-state index contributed by atoms with van der Waals surface area (Å²) in [7, 11) is 0. The molecular formula is C13H20N4O3. The molecule has 1 fully saturated rings. The van der Waals surface area contributed by atoms with Crippen LogP contribution in [0.15, 0.2) is 6.33 Å². The van der Waals surface area contributed by atoms with E-state index in [4.69, 9.17) is 4.74 Å². The van der Waals surface area contributed by atoms with Gasteiger partial charge in [-0.3, -0.25) is 10.1 Å². The SMILES string of the molecule is CCNc1ncnc(OC2CCCCCC2)c1[N+](=O)[O-]. The number of anilines is 1. The summed E-state index contributed by atoms with van der Waals surface area (Å²) in [6.07, 6.45) is 7.78. The Hall–Kier alpha value is -1.92. The molecule has 1 aromatic heterocycles. The molecule has 0 amide bonds. The Bertz CT molecular complexity index is 459. The Labute approximate surface area is 117 Å². The van der Waals surface area contributed by atoms with Gasteiger partial charge in [0, 0.05) is 6.54 Å². The number of hydrogen-bond acceptors (Lipinski definition) is 6. The second kappa shape index (κ2) is 7.02. The van der Waals surface area contributed by atoms with E-state index in [2.05, 4.69) is 15.3 Å². The molecule has 7 nitrogen and oxygen atoms in total. The van der Waals surface area contributed by atoms with E-state index in [1.54, 1.807) is 0 Å². The summed E-state index contributed by atoms with van der Waals surface area (Å²) in [5.74, 6) is 0.295. The molecule has 0 bridgehead atoms. The molecule has 2 rings (SSSR count). The molecule has 110 valence electrons. The second-order valence-electron chi connectivity index (χ2n) is 4.89. The molecule has 0 aromatic carbocycles. The molecule has 0 spiro atoms. The van der Waals surface area contributed by atoms with E-state index in [9.17, 15) is 10.1 Å². The zero-order valence-electron chi connectivity index (χ0n) is 11.7. The lowest BCUT2D eigenvalue weighted by atomic mass is 10.1. The molecule has 1 saturated carbocycles. The van der Waals surface area contributed by atoms with E-state index >= 15 is 0 Å². The highest BCUT2D eigenvalue weighted by atomic mass is 16.6. The predicted molar refractivity (Wildman–Crippen MR) is 75.0 cm³/mol. The van der Waals surface area contributed by atoms with Crippen LogP contribution in [0.5, 0.6) is 5.88 Å². The summed E-state index contributed by atoms with van der Waals surface area (Å²) in [4.78, 5) is 18.6. The number of nitrogens with zero attached hydrogens (tertiary/aromatic N) is 3. The molecule has 0 unspecified atom stereocenters. The summed E-state index contributed by atoms with van der Waals surface area (Å²) < 4.78 is 5.78. The predicted octanol–water partition coefficient (Wildman–Crippen LogP) is 2.92. The maximum atomic E-state index is 11.2. The van der Waals surface area contributed by atoms with E-state index in [1.807, 2.05) is 6.92 Å². The fourth-order valence-electron chi connectivity index (χ4n) is 2.43. The Morgan fingerprint density at radius 2 is 2.05 bits per heavy atom. The lowest BCUT2D eigenvalue weighted by molar-refractivity contribution is -0.385. The number of hydrogen-bond donors (Lipinski definition) is 1. The van der Waals surface area contributed by atoms with Crippen LogP contribution in [-0.2, 0) is 0 Å². The van der Waals surface area contributed by atoms with Gasteiger partial charge in [-0.1, -0.05) is 12.8 Å². The van der Waals surface area contributed by atoms with Gasteiger partial charge in [-0.2, -0.15) is 4.98 Å². The van der Waals surface area contributed by atoms with Crippen LogP contribution in [0.1, 0.15) is 45.4 Å². The zero-order valence-corrected chi connectivity index (χ0v) is 11.7. The van der Waals surface area contributed by atoms with E-state index in [0.717, 1.165) is 25.7 Å². The highest BCUT2D eigenvalue weighted by Crippen LogP contribution is 2.33. The van der Waals surface area contributed by atoms with Crippen molar-refractivity contribution in [1.82, 2.24) is 9.97 Å². The van der Waals surface area contributed by atoms with Gasteiger partial charge in [0.05, 0.1) is 4.92 Å². The standard InChI is InChI=1S/C13H20N4O3/c1-2-14-12-11(17(18)19)13(16-9-15-12)20-10-7-5-3-4-6-8-10/h9-10H,2-8H2,1H3,(H,14,15,16). The van der Waals surface area contributed by atoms with Crippen molar-refractivity contribution in [2.45, 2.75) is 51.6 Å². The Kier molecular flexibility index (Phi) is 5.09. The summed E-state index contributed by atoms with van der Waals surface area (Å²) in [5.41, 5.74) is -0.168. The van der Waals surface area contributed by atoms with Crippen LogP contribution in [-0.4, -0.2) is 27.5 Å². The minimum Gasteiger partial charge on any atom is -0.469 e. The fourth-order valence-corrected chi connectivity index (χ4v) is 2.43. The number of aromatic nitrogens is 2. The first-order valence-electron chi connectivity index (χ1n) is 7.12. The van der Waals surface area contributed by atoms with Gasteiger partial charge in [-0.15, -0.1) is 0 Å². The first kappa shape index (κ1) is 14.5. The van der Waals surface area contributed by atoms with Crippen molar-refractivity contribution in [3.63, 3.8) is 0 Å². The number of rotatable bonds is 5. The third-order valence-electron chi connectivity index (χ3n) is 3.40. The molecule has 1 N–H and O–H groups in total. The minimum absolute atomic E-state index is 0.0144. The first-order chi connectivity index (χ1) is 9.72. The van der Waals surface area contributed by atoms with Crippen molar-refractivity contribution >= 4 is 11.5 Å². The molecule has 20 heavy (non-hydrogen) atoms. The second-order valence-corrected chi connectivity index (χ2v) is 4.89. The fraction of sp³-hybridized carbons (Fsp3) is 0.692. The topological polar surface area (TPSA) is 90.2 Å². The van der Waals surface area contributed by atoms with Gasteiger partial charge in [-0.25, -0.2) is 4.98 Å². The van der Waals surface area contributed by atoms with E-state index < -0.39 is 4.92 Å². The summed E-state index contributed by atoms with van der Waals surface area (Å²) in [6.45, 7) is 2.42.